The lowest BCUT2D eigenvalue weighted by Crippen LogP contribution is -2.26. The third-order valence-corrected chi connectivity index (χ3v) is 7.64. The molecule has 0 amide bonds. The SMILES string of the molecule is COc1cc(OC)c2c(c1-c1cc(O)c(O)c3c1CC(C)OC3)C[C@H](C)OC2c1ccc(F)cc1.Fc1ccccc1. The Morgan fingerprint density at radius 2 is 1.40 bits per heavy atom. The summed E-state index contributed by atoms with van der Waals surface area (Å²) in [5.41, 5.74) is 5.74. The van der Waals surface area contributed by atoms with Gasteiger partial charge in [0.2, 0.25) is 0 Å². The van der Waals surface area contributed by atoms with Gasteiger partial charge >= 0.3 is 0 Å². The Morgan fingerprint density at radius 3 is 2.02 bits per heavy atom. The molecule has 2 aliphatic rings. The Bertz CT molecular complexity index is 1560. The van der Waals surface area contributed by atoms with Gasteiger partial charge in [-0.15, -0.1) is 0 Å². The first-order valence-electron chi connectivity index (χ1n) is 13.8. The maximum atomic E-state index is 13.7. The topological polar surface area (TPSA) is 77.4 Å². The fourth-order valence-electron chi connectivity index (χ4n) is 5.70. The van der Waals surface area contributed by atoms with E-state index in [4.69, 9.17) is 18.9 Å². The van der Waals surface area contributed by atoms with Gasteiger partial charge in [0.25, 0.3) is 0 Å². The Labute approximate surface area is 244 Å². The zero-order valence-electron chi connectivity index (χ0n) is 24.0. The molecule has 2 unspecified atom stereocenters. The van der Waals surface area contributed by atoms with Gasteiger partial charge in [-0.3, -0.25) is 0 Å². The lowest BCUT2D eigenvalue weighted by molar-refractivity contribution is 0.00596. The fraction of sp³-hybridized carbons (Fsp3) is 0.294. The van der Waals surface area contributed by atoms with Crippen molar-refractivity contribution in [3.05, 3.63) is 106 Å². The minimum absolute atomic E-state index is 0.0421. The summed E-state index contributed by atoms with van der Waals surface area (Å²) in [5, 5.41) is 21.2. The maximum absolute atomic E-state index is 13.7. The van der Waals surface area contributed by atoms with E-state index in [9.17, 15) is 19.0 Å². The summed E-state index contributed by atoms with van der Waals surface area (Å²) in [7, 11) is 3.20. The van der Waals surface area contributed by atoms with Gasteiger partial charge in [-0.05, 0) is 79.3 Å². The molecule has 4 aromatic carbocycles. The van der Waals surface area contributed by atoms with Crippen molar-refractivity contribution >= 4 is 0 Å². The fourth-order valence-corrected chi connectivity index (χ4v) is 5.70. The van der Waals surface area contributed by atoms with Crippen LogP contribution in [-0.2, 0) is 28.9 Å². The number of phenolic OH excluding ortho intramolecular Hbond substituents is 2. The number of hydrogen-bond acceptors (Lipinski definition) is 6. The van der Waals surface area contributed by atoms with Gasteiger partial charge in [0.15, 0.2) is 11.5 Å². The van der Waals surface area contributed by atoms with Crippen LogP contribution >= 0.6 is 0 Å². The van der Waals surface area contributed by atoms with Crippen LogP contribution in [-0.4, -0.2) is 36.6 Å². The number of methoxy groups -OCH3 is 2. The lowest BCUT2D eigenvalue weighted by Gasteiger charge is -2.35. The summed E-state index contributed by atoms with van der Waals surface area (Å²) in [6.07, 6.45) is 0.503. The third-order valence-electron chi connectivity index (χ3n) is 7.64. The maximum Gasteiger partial charge on any atom is 0.163 e. The van der Waals surface area contributed by atoms with Crippen LogP contribution < -0.4 is 9.47 Å². The first kappa shape index (κ1) is 29.4. The number of aromatic hydroxyl groups is 2. The summed E-state index contributed by atoms with van der Waals surface area (Å²) in [6, 6.07) is 17.6. The highest BCUT2D eigenvalue weighted by Crippen LogP contribution is 2.51. The van der Waals surface area contributed by atoms with E-state index in [0.717, 1.165) is 33.4 Å². The summed E-state index contributed by atoms with van der Waals surface area (Å²) in [6.45, 7) is 4.19. The number of benzene rings is 4. The second-order valence-electron chi connectivity index (χ2n) is 10.5. The molecule has 2 heterocycles. The predicted octanol–water partition coefficient (Wildman–Crippen LogP) is 7.26. The number of rotatable bonds is 4. The lowest BCUT2D eigenvalue weighted by atomic mass is 9.81. The van der Waals surface area contributed by atoms with Gasteiger partial charge in [0.05, 0.1) is 33.0 Å². The molecule has 2 aliphatic heterocycles. The minimum atomic E-state index is -0.474. The van der Waals surface area contributed by atoms with Gasteiger partial charge in [0, 0.05) is 22.8 Å². The van der Waals surface area contributed by atoms with Crippen molar-refractivity contribution < 1.29 is 37.9 Å². The Morgan fingerprint density at radius 1 is 0.762 bits per heavy atom. The smallest absolute Gasteiger partial charge is 0.163 e. The summed E-state index contributed by atoms with van der Waals surface area (Å²) < 4.78 is 49.3. The minimum Gasteiger partial charge on any atom is -0.504 e. The van der Waals surface area contributed by atoms with E-state index in [2.05, 4.69) is 0 Å². The van der Waals surface area contributed by atoms with E-state index < -0.39 is 6.10 Å². The zero-order chi connectivity index (χ0) is 30.0. The molecule has 3 atom stereocenters. The van der Waals surface area contributed by atoms with Gasteiger partial charge in [0.1, 0.15) is 29.2 Å². The molecule has 6 rings (SSSR count). The Kier molecular flexibility index (Phi) is 8.66. The second kappa shape index (κ2) is 12.4. The van der Waals surface area contributed by atoms with Crippen LogP contribution in [0.3, 0.4) is 0 Å². The number of fused-ring (bicyclic) bond motifs is 2. The van der Waals surface area contributed by atoms with Gasteiger partial charge in [-0.2, -0.15) is 0 Å². The highest BCUT2D eigenvalue weighted by atomic mass is 19.1. The molecular formula is C34H34F2O6. The molecule has 0 radical (unpaired) electrons. The van der Waals surface area contributed by atoms with Crippen molar-refractivity contribution in [1.29, 1.82) is 0 Å². The molecule has 0 aliphatic carbocycles. The van der Waals surface area contributed by atoms with Crippen LogP contribution in [0.15, 0.2) is 66.7 Å². The van der Waals surface area contributed by atoms with Gasteiger partial charge < -0.3 is 29.2 Å². The summed E-state index contributed by atoms with van der Waals surface area (Å²) in [5.74, 6) is 0.344. The first-order chi connectivity index (χ1) is 20.2. The first-order valence-corrected chi connectivity index (χ1v) is 13.8. The zero-order valence-corrected chi connectivity index (χ0v) is 24.0. The van der Waals surface area contributed by atoms with Crippen molar-refractivity contribution in [3.63, 3.8) is 0 Å². The standard InChI is InChI=1S/C28H29FO6.C6H5F/c1-14-9-18-19(11-22(30)27(31)21(18)13-34-14)25-20-10-15(2)35-28(16-5-7-17(29)8-6-16)26(20)24(33-4)12-23(25)32-3;7-6-4-2-1-3-5-6/h5-8,11-12,14-15,28,30-31H,9-10,13H2,1-4H3;1-5H/t14?,15-,28?;/m0./s1. The van der Waals surface area contributed by atoms with E-state index in [0.29, 0.717) is 29.9 Å². The van der Waals surface area contributed by atoms with Crippen LogP contribution in [0.4, 0.5) is 8.78 Å². The number of hydrogen-bond donors (Lipinski definition) is 2. The summed E-state index contributed by atoms with van der Waals surface area (Å²) in [4.78, 5) is 0. The molecule has 0 bridgehead atoms. The molecule has 6 nitrogen and oxygen atoms in total. The monoisotopic (exact) mass is 576 g/mol. The van der Waals surface area contributed by atoms with Crippen molar-refractivity contribution in [1.82, 2.24) is 0 Å². The average Bonchev–Trinajstić information content (AvgIpc) is 2.99. The van der Waals surface area contributed by atoms with Crippen molar-refractivity contribution in [2.24, 2.45) is 0 Å². The molecule has 220 valence electrons. The average molecular weight is 577 g/mol. The molecule has 0 spiro atoms. The van der Waals surface area contributed by atoms with Gasteiger partial charge in [-0.25, -0.2) is 8.78 Å². The molecule has 4 aromatic rings. The van der Waals surface area contributed by atoms with Crippen LogP contribution in [0.5, 0.6) is 23.0 Å². The largest absolute Gasteiger partial charge is 0.504 e. The van der Waals surface area contributed by atoms with Crippen molar-refractivity contribution in [3.8, 4) is 34.1 Å². The highest BCUT2D eigenvalue weighted by Gasteiger charge is 2.35. The molecule has 42 heavy (non-hydrogen) atoms. The molecular weight excluding hydrogens is 542 g/mol. The van der Waals surface area contributed by atoms with Crippen LogP contribution in [0.2, 0.25) is 0 Å². The molecule has 2 N–H and O–H groups in total. The van der Waals surface area contributed by atoms with Crippen LogP contribution in [0.1, 0.15) is 47.8 Å². The van der Waals surface area contributed by atoms with Crippen molar-refractivity contribution in [2.45, 2.75) is 51.6 Å². The van der Waals surface area contributed by atoms with Crippen LogP contribution in [0, 0.1) is 11.6 Å². The Balaban J connectivity index is 0.000000442. The normalized spacial score (nSPS) is 19.1. The van der Waals surface area contributed by atoms with Gasteiger partial charge in [-0.1, -0.05) is 30.3 Å². The van der Waals surface area contributed by atoms with E-state index in [1.807, 2.05) is 19.9 Å². The Hall–Kier alpha value is -4.14. The molecule has 0 saturated heterocycles. The number of phenols is 2. The number of ether oxygens (including phenoxy) is 4. The quantitative estimate of drug-likeness (QED) is 0.249. The van der Waals surface area contributed by atoms with E-state index >= 15 is 0 Å². The third kappa shape index (κ3) is 5.78. The van der Waals surface area contributed by atoms with E-state index in [1.165, 1.54) is 24.3 Å². The predicted molar refractivity (Wildman–Crippen MR) is 155 cm³/mol. The number of halogens is 2. The summed E-state index contributed by atoms with van der Waals surface area (Å²) >= 11 is 0. The van der Waals surface area contributed by atoms with Crippen molar-refractivity contribution in [2.75, 3.05) is 14.2 Å². The molecule has 0 saturated carbocycles. The highest BCUT2D eigenvalue weighted by molar-refractivity contribution is 5.83. The van der Waals surface area contributed by atoms with E-state index in [-0.39, 0.29) is 41.9 Å². The molecule has 0 fully saturated rings. The van der Waals surface area contributed by atoms with E-state index in [1.54, 1.807) is 50.6 Å². The van der Waals surface area contributed by atoms with Crippen LogP contribution in [0.25, 0.3) is 11.1 Å². The molecule has 8 heteroatoms. The molecule has 0 aromatic heterocycles. The second-order valence-corrected chi connectivity index (χ2v) is 10.5.